The summed E-state index contributed by atoms with van der Waals surface area (Å²) in [6.07, 6.45) is 3.14. The Labute approximate surface area is 88.9 Å². The first-order chi connectivity index (χ1) is 7.09. The van der Waals surface area contributed by atoms with Crippen LogP contribution in [-0.4, -0.2) is 5.11 Å². The van der Waals surface area contributed by atoms with Gasteiger partial charge in [-0.05, 0) is 30.9 Å². The maximum atomic E-state index is 13.5. The zero-order valence-corrected chi connectivity index (χ0v) is 8.83. The van der Waals surface area contributed by atoms with Crippen LogP contribution in [0.2, 0.25) is 0 Å². The third-order valence-electron chi connectivity index (χ3n) is 3.02. The summed E-state index contributed by atoms with van der Waals surface area (Å²) in [6, 6.07) is 2.56. The molecule has 15 heavy (non-hydrogen) atoms. The van der Waals surface area contributed by atoms with Crippen molar-refractivity contribution in [1.82, 2.24) is 0 Å². The Balaban J connectivity index is 2.27. The van der Waals surface area contributed by atoms with Crippen molar-refractivity contribution in [2.24, 2.45) is 11.7 Å². The number of halogens is 1. The summed E-state index contributed by atoms with van der Waals surface area (Å²) in [5.41, 5.74) is 6.86. The Kier molecular flexibility index (Phi) is 2.65. The fraction of sp³-hybridized carbons (Fsp3) is 0.500. The van der Waals surface area contributed by atoms with Crippen molar-refractivity contribution in [2.75, 3.05) is 0 Å². The minimum absolute atomic E-state index is 0.0168. The molecule has 1 aromatic rings. The third-order valence-corrected chi connectivity index (χ3v) is 3.02. The topological polar surface area (TPSA) is 46.2 Å². The number of phenolic OH excluding ortho intramolecular Hbond substituents is 1. The molecule has 1 aromatic carbocycles. The van der Waals surface area contributed by atoms with Gasteiger partial charge < -0.3 is 10.8 Å². The molecule has 0 saturated heterocycles. The molecule has 0 amide bonds. The van der Waals surface area contributed by atoms with Crippen LogP contribution < -0.4 is 5.73 Å². The minimum Gasteiger partial charge on any atom is -0.507 e. The van der Waals surface area contributed by atoms with Gasteiger partial charge in [0.15, 0.2) is 0 Å². The van der Waals surface area contributed by atoms with E-state index in [1.807, 2.05) is 0 Å². The van der Waals surface area contributed by atoms with Gasteiger partial charge in [-0.2, -0.15) is 0 Å². The van der Waals surface area contributed by atoms with E-state index in [0.717, 1.165) is 6.42 Å². The zero-order chi connectivity index (χ0) is 11.0. The number of hydrogen-bond acceptors (Lipinski definition) is 2. The number of aryl methyl sites for hydroxylation is 1. The number of benzene rings is 1. The molecular weight excluding hydrogens is 193 g/mol. The summed E-state index contributed by atoms with van der Waals surface area (Å²) < 4.78 is 13.5. The molecule has 2 nitrogen and oxygen atoms in total. The van der Waals surface area contributed by atoms with Crippen LogP contribution in [0.5, 0.6) is 5.75 Å². The lowest BCUT2D eigenvalue weighted by Crippen LogP contribution is -2.13. The van der Waals surface area contributed by atoms with Crippen LogP contribution in [0, 0.1) is 18.7 Å². The molecule has 3 N–H and O–H groups in total. The summed E-state index contributed by atoms with van der Waals surface area (Å²) in [4.78, 5) is 0. The number of hydrogen-bond donors (Lipinski definition) is 2. The van der Waals surface area contributed by atoms with Gasteiger partial charge in [0, 0.05) is 11.6 Å². The first-order valence-electron chi connectivity index (χ1n) is 5.33. The monoisotopic (exact) mass is 209 g/mol. The highest BCUT2D eigenvalue weighted by Crippen LogP contribution is 2.39. The quantitative estimate of drug-likeness (QED) is 0.803. The van der Waals surface area contributed by atoms with Crippen molar-refractivity contribution >= 4 is 0 Å². The molecule has 0 radical (unpaired) electrons. The molecule has 0 bridgehead atoms. The van der Waals surface area contributed by atoms with Gasteiger partial charge in [0.05, 0.1) is 0 Å². The van der Waals surface area contributed by atoms with Gasteiger partial charge in [-0.15, -0.1) is 0 Å². The van der Waals surface area contributed by atoms with Crippen LogP contribution in [0.25, 0.3) is 0 Å². The Bertz CT molecular complexity index is 374. The van der Waals surface area contributed by atoms with Crippen molar-refractivity contribution in [3.8, 4) is 5.75 Å². The first-order valence-corrected chi connectivity index (χ1v) is 5.33. The molecule has 0 heterocycles. The van der Waals surface area contributed by atoms with Crippen LogP contribution in [0.3, 0.4) is 0 Å². The van der Waals surface area contributed by atoms with E-state index in [0.29, 0.717) is 11.5 Å². The van der Waals surface area contributed by atoms with Gasteiger partial charge in [0.1, 0.15) is 11.6 Å². The van der Waals surface area contributed by atoms with Crippen molar-refractivity contribution in [1.29, 1.82) is 0 Å². The van der Waals surface area contributed by atoms with Gasteiger partial charge in [-0.25, -0.2) is 4.39 Å². The highest BCUT2D eigenvalue weighted by Gasteiger charge is 2.27. The second-order valence-corrected chi connectivity index (χ2v) is 4.41. The number of aromatic hydroxyl groups is 1. The Hall–Kier alpha value is -1.09. The largest absolute Gasteiger partial charge is 0.507 e. The predicted molar refractivity (Wildman–Crippen MR) is 57.1 cm³/mol. The van der Waals surface area contributed by atoms with E-state index in [1.165, 1.54) is 18.9 Å². The second-order valence-electron chi connectivity index (χ2n) is 4.41. The van der Waals surface area contributed by atoms with E-state index in [1.54, 1.807) is 13.0 Å². The first kappa shape index (κ1) is 10.4. The molecule has 0 spiro atoms. The molecule has 1 saturated carbocycles. The summed E-state index contributed by atoms with van der Waals surface area (Å²) in [5.74, 6) is 0.244. The fourth-order valence-corrected chi connectivity index (χ4v) is 1.88. The standard InChI is InChI=1S/C12H16FNO/c1-7-2-5-9(13)11(12(7)15)10(14)6-8-3-4-8/h2,5,8,10,15H,3-4,6,14H2,1H3/t10-/m1/s1. The van der Waals surface area contributed by atoms with Crippen LogP contribution >= 0.6 is 0 Å². The summed E-state index contributed by atoms with van der Waals surface area (Å²) >= 11 is 0. The lowest BCUT2D eigenvalue weighted by molar-refractivity contribution is 0.437. The molecule has 1 aliphatic carbocycles. The van der Waals surface area contributed by atoms with E-state index in [9.17, 15) is 9.50 Å². The molecular formula is C12H16FNO. The van der Waals surface area contributed by atoms with Gasteiger partial charge in [0.25, 0.3) is 0 Å². The van der Waals surface area contributed by atoms with E-state index in [4.69, 9.17) is 5.73 Å². The fourth-order valence-electron chi connectivity index (χ4n) is 1.88. The van der Waals surface area contributed by atoms with Gasteiger partial charge >= 0.3 is 0 Å². The maximum absolute atomic E-state index is 13.5. The van der Waals surface area contributed by atoms with E-state index in [2.05, 4.69) is 0 Å². The van der Waals surface area contributed by atoms with E-state index in [-0.39, 0.29) is 17.4 Å². The Morgan fingerprint density at radius 1 is 1.53 bits per heavy atom. The highest BCUT2D eigenvalue weighted by atomic mass is 19.1. The Morgan fingerprint density at radius 2 is 2.20 bits per heavy atom. The summed E-state index contributed by atoms with van der Waals surface area (Å²) in [5, 5.41) is 9.76. The van der Waals surface area contributed by atoms with Crippen molar-refractivity contribution in [3.63, 3.8) is 0 Å². The molecule has 3 heteroatoms. The average molecular weight is 209 g/mol. The minimum atomic E-state index is -0.397. The zero-order valence-electron chi connectivity index (χ0n) is 8.83. The Morgan fingerprint density at radius 3 is 2.80 bits per heavy atom. The lowest BCUT2D eigenvalue weighted by atomic mass is 9.98. The molecule has 0 aliphatic heterocycles. The molecule has 1 atom stereocenters. The highest BCUT2D eigenvalue weighted by molar-refractivity contribution is 5.42. The predicted octanol–water partition coefficient (Wildman–Crippen LogP) is 2.64. The average Bonchev–Trinajstić information content (AvgIpc) is 2.96. The van der Waals surface area contributed by atoms with Crippen molar-refractivity contribution in [2.45, 2.75) is 32.2 Å². The maximum Gasteiger partial charge on any atom is 0.131 e. The second kappa shape index (κ2) is 3.81. The lowest BCUT2D eigenvalue weighted by Gasteiger charge is -2.15. The van der Waals surface area contributed by atoms with Crippen LogP contribution in [0.4, 0.5) is 4.39 Å². The van der Waals surface area contributed by atoms with Crippen LogP contribution in [0.15, 0.2) is 12.1 Å². The third kappa shape index (κ3) is 2.12. The molecule has 82 valence electrons. The van der Waals surface area contributed by atoms with Crippen molar-refractivity contribution < 1.29 is 9.50 Å². The normalized spacial score (nSPS) is 17.8. The summed E-state index contributed by atoms with van der Waals surface area (Å²) in [6.45, 7) is 1.75. The molecule has 1 fully saturated rings. The molecule has 2 rings (SSSR count). The van der Waals surface area contributed by atoms with Gasteiger partial charge in [0.2, 0.25) is 0 Å². The summed E-state index contributed by atoms with van der Waals surface area (Å²) in [7, 11) is 0. The van der Waals surface area contributed by atoms with Gasteiger partial charge in [-0.1, -0.05) is 18.9 Å². The smallest absolute Gasteiger partial charge is 0.131 e. The molecule has 0 unspecified atom stereocenters. The van der Waals surface area contributed by atoms with Crippen LogP contribution in [-0.2, 0) is 0 Å². The van der Waals surface area contributed by atoms with E-state index < -0.39 is 5.82 Å². The SMILES string of the molecule is Cc1ccc(F)c([C@H](N)CC2CC2)c1O. The number of phenols is 1. The van der Waals surface area contributed by atoms with E-state index >= 15 is 0 Å². The van der Waals surface area contributed by atoms with Crippen molar-refractivity contribution in [3.05, 3.63) is 29.1 Å². The molecule has 1 aliphatic rings. The van der Waals surface area contributed by atoms with Crippen LogP contribution in [0.1, 0.15) is 36.4 Å². The molecule has 0 aromatic heterocycles. The van der Waals surface area contributed by atoms with Gasteiger partial charge in [-0.3, -0.25) is 0 Å². The number of rotatable bonds is 3. The number of nitrogens with two attached hydrogens (primary N) is 1.